The molecule has 0 radical (unpaired) electrons. The van der Waals surface area contributed by atoms with Gasteiger partial charge in [-0.15, -0.1) is 0 Å². The number of methoxy groups -OCH3 is 1. The van der Waals surface area contributed by atoms with Gasteiger partial charge in [0.2, 0.25) is 10.0 Å². The van der Waals surface area contributed by atoms with Gasteiger partial charge in [-0.05, 0) is 23.8 Å². The number of nitro groups is 1. The highest BCUT2D eigenvalue weighted by molar-refractivity contribution is 7.89. The summed E-state index contributed by atoms with van der Waals surface area (Å²) < 4.78 is 30.6. The molecule has 0 atom stereocenters. The molecule has 0 aliphatic heterocycles. The van der Waals surface area contributed by atoms with Crippen LogP contribution in [0, 0.1) is 10.1 Å². The Kier molecular flexibility index (Phi) is 5.27. The average Bonchev–Trinajstić information content (AvgIpc) is 2.59. The van der Waals surface area contributed by atoms with Crippen LogP contribution >= 0.6 is 0 Å². The Bertz CT molecular complexity index is 862. The lowest BCUT2D eigenvalue weighted by Crippen LogP contribution is -2.30. The Hall–Kier alpha value is -2.78. The summed E-state index contributed by atoms with van der Waals surface area (Å²) >= 11 is 0. The van der Waals surface area contributed by atoms with E-state index >= 15 is 0 Å². The topological polar surface area (TPSA) is 116 Å². The summed E-state index contributed by atoms with van der Waals surface area (Å²) in [6.45, 7) is -0.481. The van der Waals surface area contributed by atoms with E-state index in [1.54, 1.807) is 18.2 Å². The number of esters is 1. The van der Waals surface area contributed by atoms with Crippen LogP contribution in [-0.4, -0.2) is 33.0 Å². The molecule has 1 N–H and O–H groups in total. The molecule has 0 saturated heterocycles. The highest BCUT2D eigenvalue weighted by Gasteiger charge is 2.18. The molecule has 126 valence electrons. The number of para-hydroxylation sites is 1. The summed E-state index contributed by atoms with van der Waals surface area (Å²) in [7, 11) is -2.72. The van der Waals surface area contributed by atoms with Crippen molar-refractivity contribution in [2.45, 2.75) is 4.90 Å². The molecule has 9 heteroatoms. The van der Waals surface area contributed by atoms with Crippen LogP contribution in [0.15, 0.2) is 53.4 Å². The highest BCUT2D eigenvalue weighted by atomic mass is 32.2. The van der Waals surface area contributed by atoms with Crippen LogP contribution in [0.2, 0.25) is 0 Å². The molecular weight excluding hydrogens is 336 g/mol. The van der Waals surface area contributed by atoms with Crippen molar-refractivity contribution in [2.24, 2.45) is 0 Å². The predicted octanol–water partition coefficient (Wildman–Crippen LogP) is 1.71. The fourth-order valence-electron chi connectivity index (χ4n) is 2.00. The molecule has 0 aromatic heterocycles. The number of carbonyl (C=O) groups excluding carboxylic acids is 1. The molecule has 0 heterocycles. The van der Waals surface area contributed by atoms with Gasteiger partial charge >= 0.3 is 5.97 Å². The Morgan fingerprint density at radius 1 is 1.17 bits per heavy atom. The maximum absolute atomic E-state index is 12.0. The van der Waals surface area contributed by atoms with E-state index in [1.165, 1.54) is 30.3 Å². The lowest BCUT2D eigenvalue weighted by molar-refractivity contribution is -0.384. The minimum Gasteiger partial charge on any atom is -0.468 e. The number of ether oxygens (including phenoxy) is 1. The van der Waals surface area contributed by atoms with E-state index in [1.807, 2.05) is 0 Å². The SMILES string of the molecule is COC(=O)CNS(=O)(=O)c1ccc(-c2ccccc2[N+](=O)[O-])cc1. The van der Waals surface area contributed by atoms with Crippen molar-refractivity contribution in [3.8, 4) is 11.1 Å². The Labute approximate surface area is 138 Å². The molecular formula is C15H14N2O6S. The fourth-order valence-corrected chi connectivity index (χ4v) is 2.97. The second kappa shape index (κ2) is 7.20. The number of nitrogens with zero attached hydrogens (tertiary/aromatic N) is 1. The number of nitro benzene ring substituents is 1. The zero-order valence-corrected chi connectivity index (χ0v) is 13.4. The van der Waals surface area contributed by atoms with Gasteiger partial charge in [-0.2, -0.15) is 4.72 Å². The molecule has 0 spiro atoms. The van der Waals surface area contributed by atoms with Gasteiger partial charge < -0.3 is 4.74 Å². The Morgan fingerprint density at radius 3 is 2.38 bits per heavy atom. The van der Waals surface area contributed by atoms with Crippen molar-refractivity contribution in [2.75, 3.05) is 13.7 Å². The summed E-state index contributed by atoms with van der Waals surface area (Å²) in [6.07, 6.45) is 0. The summed E-state index contributed by atoms with van der Waals surface area (Å²) in [4.78, 5) is 21.5. The maximum atomic E-state index is 12.0. The zero-order valence-electron chi connectivity index (χ0n) is 12.6. The first-order chi connectivity index (χ1) is 11.3. The molecule has 0 bridgehead atoms. The summed E-state index contributed by atoms with van der Waals surface area (Å²) in [6, 6.07) is 11.7. The van der Waals surface area contributed by atoms with Crippen molar-refractivity contribution in [3.05, 3.63) is 58.6 Å². The molecule has 0 aliphatic carbocycles. The van der Waals surface area contributed by atoms with E-state index in [4.69, 9.17) is 0 Å². The van der Waals surface area contributed by atoms with Gasteiger partial charge in [-0.1, -0.05) is 24.3 Å². The molecule has 0 aliphatic rings. The smallest absolute Gasteiger partial charge is 0.320 e. The zero-order chi connectivity index (χ0) is 17.7. The molecule has 2 aromatic carbocycles. The minimum absolute atomic E-state index is 0.0614. The van der Waals surface area contributed by atoms with Crippen LogP contribution < -0.4 is 4.72 Å². The number of benzene rings is 2. The molecule has 8 nitrogen and oxygen atoms in total. The van der Waals surface area contributed by atoms with Gasteiger partial charge in [-0.3, -0.25) is 14.9 Å². The van der Waals surface area contributed by atoms with E-state index in [-0.39, 0.29) is 10.6 Å². The molecule has 24 heavy (non-hydrogen) atoms. The largest absolute Gasteiger partial charge is 0.468 e. The van der Waals surface area contributed by atoms with E-state index < -0.39 is 27.5 Å². The summed E-state index contributed by atoms with van der Waals surface area (Å²) in [5.74, 6) is -0.713. The number of rotatable bonds is 6. The van der Waals surface area contributed by atoms with Gasteiger partial charge in [0, 0.05) is 6.07 Å². The van der Waals surface area contributed by atoms with Crippen molar-refractivity contribution in [3.63, 3.8) is 0 Å². The van der Waals surface area contributed by atoms with Crippen molar-refractivity contribution < 1.29 is 22.9 Å². The normalized spacial score (nSPS) is 11.0. The van der Waals surface area contributed by atoms with Crippen LogP contribution in [0.5, 0.6) is 0 Å². The number of carbonyl (C=O) groups is 1. The van der Waals surface area contributed by atoms with E-state index in [9.17, 15) is 23.3 Å². The summed E-state index contributed by atoms with van der Waals surface area (Å²) in [5.41, 5.74) is 0.820. The Balaban J connectivity index is 2.28. The molecule has 2 rings (SSSR count). The van der Waals surface area contributed by atoms with Gasteiger partial charge in [0.1, 0.15) is 6.54 Å². The molecule has 0 fully saturated rings. The van der Waals surface area contributed by atoms with Crippen molar-refractivity contribution >= 4 is 21.7 Å². The van der Waals surface area contributed by atoms with Gasteiger partial charge in [0.15, 0.2) is 0 Å². The fraction of sp³-hybridized carbons (Fsp3) is 0.133. The van der Waals surface area contributed by atoms with Gasteiger partial charge in [0.05, 0.1) is 22.5 Å². The predicted molar refractivity (Wildman–Crippen MR) is 85.7 cm³/mol. The number of sulfonamides is 1. The third kappa shape index (κ3) is 3.94. The maximum Gasteiger partial charge on any atom is 0.320 e. The first-order valence-electron chi connectivity index (χ1n) is 6.75. The molecule has 2 aromatic rings. The van der Waals surface area contributed by atoms with Gasteiger partial charge in [-0.25, -0.2) is 8.42 Å². The standard InChI is InChI=1S/C15H14N2O6S/c1-23-15(18)10-16-24(21,22)12-8-6-11(7-9-12)13-4-2-3-5-14(13)17(19)20/h2-9,16H,10H2,1H3. The second-order valence-electron chi connectivity index (χ2n) is 4.70. The first kappa shape index (κ1) is 17.6. The average molecular weight is 350 g/mol. The van der Waals surface area contributed by atoms with Crippen LogP contribution in [-0.2, 0) is 19.6 Å². The van der Waals surface area contributed by atoms with E-state index in [0.717, 1.165) is 7.11 Å². The lowest BCUT2D eigenvalue weighted by Gasteiger charge is -2.07. The highest BCUT2D eigenvalue weighted by Crippen LogP contribution is 2.29. The molecule has 0 amide bonds. The van der Waals surface area contributed by atoms with Crippen LogP contribution in [0.1, 0.15) is 0 Å². The lowest BCUT2D eigenvalue weighted by atomic mass is 10.0. The van der Waals surface area contributed by atoms with Crippen LogP contribution in [0.4, 0.5) is 5.69 Å². The van der Waals surface area contributed by atoms with Crippen LogP contribution in [0.3, 0.4) is 0 Å². The Morgan fingerprint density at radius 2 is 1.79 bits per heavy atom. The van der Waals surface area contributed by atoms with Crippen molar-refractivity contribution in [1.82, 2.24) is 4.72 Å². The van der Waals surface area contributed by atoms with Crippen LogP contribution in [0.25, 0.3) is 11.1 Å². The molecule has 0 saturated carbocycles. The number of hydrogen-bond donors (Lipinski definition) is 1. The quantitative estimate of drug-likeness (QED) is 0.482. The van der Waals surface area contributed by atoms with Crippen molar-refractivity contribution in [1.29, 1.82) is 0 Å². The second-order valence-corrected chi connectivity index (χ2v) is 6.47. The summed E-state index contributed by atoms with van der Waals surface area (Å²) in [5, 5.41) is 11.1. The number of hydrogen-bond acceptors (Lipinski definition) is 6. The minimum atomic E-state index is -3.88. The monoisotopic (exact) mass is 350 g/mol. The number of nitrogens with one attached hydrogen (secondary N) is 1. The van der Waals surface area contributed by atoms with E-state index in [0.29, 0.717) is 11.1 Å². The third-order valence-electron chi connectivity index (χ3n) is 3.21. The third-order valence-corrected chi connectivity index (χ3v) is 4.63. The van der Waals surface area contributed by atoms with Gasteiger partial charge in [0.25, 0.3) is 5.69 Å². The molecule has 0 unspecified atom stereocenters. The van der Waals surface area contributed by atoms with E-state index in [2.05, 4.69) is 9.46 Å². The first-order valence-corrected chi connectivity index (χ1v) is 8.24.